The molecule has 13 heteroatoms. The second kappa shape index (κ2) is 11.3. The van der Waals surface area contributed by atoms with E-state index in [4.69, 9.17) is 4.42 Å². The number of anilines is 2. The Morgan fingerprint density at radius 1 is 1.05 bits per heavy atom. The maximum absolute atomic E-state index is 12.8. The van der Waals surface area contributed by atoms with E-state index >= 15 is 0 Å². The zero-order valence-corrected chi connectivity index (χ0v) is 23.3. The van der Waals surface area contributed by atoms with Gasteiger partial charge in [0.25, 0.3) is 15.9 Å². The molecule has 0 radical (unpaired) electrons. The average molecular weight is 658 g/mol. The van der Waals surface area contributed by atoms with Crippen molar-refractivity contribution in [3.63, 3.8) is 0 Å². The van der Waals surface area contributed by atoms with Gasteiger partial charge in [-0.2, -0.15) is 0 Å². The molecule has 0 bridgehead atoms. The maximum atomic E-state index is 12.8. The van der Waals surface area contributed by atoms with Crippen LogP contribution in [0.15, 0.2) is 82.4 Å². The lowest BCUT2D eigenvalue weighted by Crippen LogP contribution is -2.29. The van der Waals surface area contributed by atoms with Crippen molar-refractivity contribution < 1.29 is 22.7 Å². The second-order valence-corrected chi connectivity index (χ2v) is 10.9. The summed E-state index contributed by atoms with van der Waals surface area (Å²) in [5.41, 5.74) is 2.34. The lowest BCUT2D eigenvalue weighted by Gasteiger charge is -2.10. The number of hydrogen-bond acceptors (Lipinski definition) is 8. The molecule has 0 saturated heterocycles. The molecule has 0 aliphatic carbocycles. The van der Waals surface area contributed by atoms with E-state index in [1.807, 2.05) is 0 Å². The van der Waals surface area contributed by atoms with Crippen LogP contribution < -0.4 is 15.4 Å². The van der Waals surface area contributed by atoms with Crippen LogP contribution in [0, 0.1) is 0 Å². The summed E-state index contributed by atoms with van der Waals surface area (Å²) in [6.07, 6.45) is 2.93. The number of nitrogens with one attached hydrogen (secondary N) is 4. The number of rotatable bonds is 10. The molecule has 2 aromatic carbocycles. The number of carbonyl (C=O) groups excluding carboxylic acids is 1. The number of alkyl halides is 1. The molecule has 5 aromatic rings. The van der Waals surface area contributed by atoms with Crippen molar-refractivity contribution >= 4 is 61.1 Å². The number of furan rings is 1. The molecule has 0 aliphatic heterocycles. The van der Waals surface area contributed by atoms with E-state index in [2.05, 4.69) is 52.9 Å². The highest BCUT2D eigenvalue weighted by molar-refractivity contribution is 14.1. The number of pyridine rings is 1. The molecular formula is C26H23IN6O5S. The predicted octanol–water partition coefficient (Wildman–Crippen LogP) is 4.50. The lowest BCUT2D eigenvalue weighted by molar-refractivity contribution is 0.0956. The first kappa shape index (κ1) is 26.5. The minimum absolute atomic E-state index is 0.0283. The fourth-order valence-electron chi connectivity index (χ4n) is 3.78. The first-order valence-electron chi connectivity index (χ1n) is 11.8. The van der Waals surface area contributed by atoms with Crippen molar-refractivity contribution in [2.24, 2.45) is 0 Å². The monoisotopic (exact) mass is 658 g/mol. The molecule has 0 saturated carbocycles. The molecular weight excluding hydrogens is 635 g/mol. The van der Waals surface area contributed by atoms with Crippen molar-refractivity contribution in [2.75, 3.05) is 23.1 Å². The number of nitrogens with zero attached hydrogens (tertiary/aromatic N) is 2. The molecule has 5 N–H and O–H groups in total. The van der Waals surface area contributed by atoms with Gasteiger partial charge in [0.2, 0.25) is 0 Å². The molecule has 0 fully saturated rings. The summed E-state index contributed by atoms with van der Waals surface area (Å²) in [7, 11) is -3.73. The van der Waals surface area contributed by atoms with Crippen LogP contribution in [-0.4, -0.2) is 47.5 Å². The highest BCUT2D eigenvalue weighted by Gasteiger charge is 2.18. The Hall–Kier alpha value is -4.11. The smallest absolute Gasteiger partial charge is 0.261 e. The van der Waals surface area contributed by atoms with Crippen molar-refractivity contribution in [3.8, 4) is 17.3 Å². The molecule has 0 unspecified atom stereocenters. The molecule has 3 heterocycles. The Labute approximate surface area is 237 Å². The molecule has 200 valence electrons. The van der Waals surface area contributed by atoms with Crippen molar-refractivity contribution in [2.45, 2.75) is 9.32 Å². The van der Waals surface area contributed by atoms with Crippen LogP contribution in [0.5, 0.6) is 5.75 Å². The number of phenolic OH excluding ortho intramolecular Hbond substituents is 1. The SMILES string of the molecule is O=C(NCCNc1ccc(NS(=O)(=O)c2ccc(CI)cc2)cn1)c1ccc(O)c2[nH]c(-c3ccco3)nc12. The number of phenols is 1. The Balaban J connectivity index is 1.16. The third-order valence-corrected chi connectivity index (χ3v) is 8.02. The fraction of sp³-hybridized carbons (Fsp3) is 0.115. The van der Waals surface area contributed by atoms with E-state index in [0.29, 0.717) is 46.2 Å². The molecule has 0 atom stereocenters. The maximum Gasteiger partial charge on any atom is 0.261 e. The van der Waals surface area contributed by atoms with Gasteiger partial charge in [0, 0.05) is 17.5 Å². The van der Waals surface area contributed by atoms with Gasteiger partial charge in [0.1, 0.15) is 22.6 Å². The molecule has 39 heavy (non-hydrogen) atoms. The summed E-state index contributed by atoms with van der Waals surface area (Å²) in [5, 5.41) is 16.1. The van der Waals surface area contributed by atoms with Gasteiger partial charge in [-0.05, 0) is 54.1 Å². The number of halogens is 1. The van der Waals surface area contributed by atoms with Gasteiger partial charge in [-0.15, -0.1) is 0 Å². The third-order valence-electron chi connectivity index (χ3n) is 5.74. The quantitative estimate of drug-likeness (QED) is 0.0833. The fourth-order valence-corrected chi connectivity index (χ4v) is 5.34. The summed E-state index contributed by atoms with van der Waals surface area (Å²) in [6, 6.07) is 16.3. The Bertz CT molecular complexity index is 1700. The number of aromatic nitrogens is 3. The number of H-pyrrole nitrogens is 1. The highest BCUT2D eigenvalue weighted by atomic mass is 127. The number of aromatic hydroxyl groups is 1. The number of fused-ring (bicyclic) bond motifs is 1. The summed E-state index contributed by atoms with van der Waals surface area (Å²) in [6.45, 7) is 0.645. The Kier molecular flexibility index (Phi) is 7.70. The van der Waals surface area contributed by atoms with Crippen LogP contribution in [0.4, 0.5) is 11.5 Å². The normalized spacial score (nSPS) is 11.4. The van der Waals surface area contributed by atoms with Crippen LogP contribution in [-0.2, 0) is 14.5 Å². The Morgan fingerprint density at radius 2 is 1.87 bits per heavy atom. The summed E-state index contributed by atoms with van der Waals surface area (Å²) in [4.78, 5) is 24.6. The van der Waals surface area contributed by atoms with E-state index in [1.54, 1.807) is 48.5 Å². The first-order chi connectivity index (χ1) is 18.8. The van der Waals surface area contributed by atoms with Crippen LogP contribution in [0.1, 0.15) is 15.9 Å². The van der Waals surface area contributed by atoms with E-state index in [1.165, 1.54) is 24.6 Å². The van der Waals surface area contributed by atoms with E-state index < -0.39 is 10.0 Å². The first-order valence-corrected chi connectivity index (χ1v) is 14.8. The van der Waals surface area contributed by atoms with Gasteiger partial charge < -0.3 is 25.1 Å². The number of imidazole rings is 1. The molecule has 11 nitrogen and oxygen atoms in total. The summed E-state index contributed by atoms with van der Waals surface area (Å²) in [5.74, 6) is 1.01. The van der Waals surface area contributed by atoms with Gasteiger partial charge in [-0.25, -0.2) is 18.4 Å². The van der Waals surface area contributed by atoms with Crippen LogP contribution >= 0.6 is 22.6 Å². The number of carbonyl (C=O) groups is 1. The molecule has 3 aromatic heterocycles. The number of benzene rings is 2. The number of sulfonamides is 1. The summed E-state index contributed by atoms with van der Waals surface area (Å²) >= 11 is 2.22. The van der Waals surface area contributed by atoms with Gasteiger partial charge in [-0.1, -0.05) is 34.7 Å². The molecule has 5 rings (SSSR count). The Morgan fingerprint density at radius 3 is 2.56 bits per heavy atom. The second-order valence-electron chi connectivity index (χ2n) is 8.42. The van der Waals surface area contributed by atoms with Gasteiger partial charge in [0.05, 0.1) is 28.6 Å². The molecule has 0 spiro atoms. The number of hydrogen-bond donors (Lipinski definition) is 5. The lowest BCUT2D eigenvalue weighted by atomic mass is 10.1. The van der Waals surface area contributed by atoms with Gasteiger partial charge >= 0.3 is 0 Å². The van der Waals surface area contributed by atoms with Crippen LogP contribution in [0.25, 0.3) is 22.6 Å². The third kappa shape index (κ3) is 5.98. The summed E-state index contributed by atoms with van der Waals surface area (Å²) < 4.78 is 33.9. The topological polar surface area (TPSA) is 162 Å². The van der Waals surface area contributed by atoms with E-state index in [0.717, 1.165) is 9.99 Å². The molecule has 0 aliphatic rings. The standard InChI is InChI=1S/C26H23IN6O5S/c27-14-16-3-6-18(7-4-16)39(36,37)33-17-5-10-22(30-15-17)28-11-12-29-26(35)19-8-9-20(34)24-23(19)31-25(32-24)21-2-1-13-38-21/h1-10,13,15,33-34H,11-12,14H2,(H,28,30)(H,29,35)(H,31,32). The van der Waals surface area contributed by atoms with Crippen molar-refractivity contribution in [3.05, 3.63) is 84.3 Å². The van der Waals surface area contributed by atoms with Crippen molar-refractivity contribution in [1.82, 2.24) is 20.3 Å². The van der Waals surface area contributed by atoms with E-state index in [9.17, 15) is 18.3 Å². The van der Waals surface area contributed by atoms with Gasteiger partial charge in [0.15, 0.2) is 11.6 Å². The largest absolute Gasteiger partial charge is 0.506 e. The highest BCUT2D eigenvalue weighted by Crippen LogP contribution is 2.29. The minimum atomic E-state index is -3.73. The zero-order valence-electron chi connectivity index (χ0n) is 20.3. The minimum Gasteiger partial charge on any atom is -0.506 e. The van der Waals surface area contributed by atoms with Gasteiger partial charge in [-0.3, -0.25) is 9.52 Å². The zero-order chi connectivity index (χ0) is 27.4. The van der Waals surface area contributed by atoms with Crippen molar-refractivity contribution in [1.29, 1.82) is 0 Å². The number of aromatic amines is 1. The van der Waals surface area contributed by atoms with Crippen LogP contribution in [0.3, 0.4) is 0 Å². The predicted molar refractivity (Wildman–Crippen MR) is 155 cm³/mol. The number of amides is 1. The molecule has 1 amide bonds. The van der Waals surface area contributed by atoms with Crippen LogP contribution in [0.2, 0.25) is 0 Å². The van der Waals surface area contributed by atoms with E-state index in [-0.39, 0.29) is 23.1 Å². The average Bonchev–Trinajstić information content (AvgIpc) is 3.63.